The van der Waals surface area contributed by atoms with E-state index < -0.39 is 17.5 Å². The second-order valence-electron chi connectivity index (χ2n) is 5.43. The van der Waals surface area contributed by atoms with Crippen LogP contribution in [0.1, 0.15) is 26.7 Å². The van der Waals surface area contributed by atoms with E-state index in [9.17, 15) is 19.1 Å². The molecule has 0 saturated heterocycles. The molecule has 1 saturated carbocycles. The molecule has 6 heteroatoms. The van der Waals surface area contributed by atoms with Crippen molar-refractivity contribution in [3.05, 3.63) is 30.1 Å². The molecule has 2 N–H and O–H groups in total. The fourth-order valence-electron chi connectivity index (χ4n) is 2.34. The van der Waals surface area contributed by atoms with Crippen LogP contribution >= 0.6 is 0 Å². The first-order valence-electron chi connectivity index (χ1n) is 6.97. The number of aliphatic carboxylic acids is 1. The van der Waals surface area contributed by atoms with E-state index in [1.54, 1.807) is 6.92 Å². The highest BCUT2D eigenvalue weighted by atomic mass is 19.1. The van der Waals surface area contributed by atoms with Crippen LogP contribution < -0.4 is 10.2 Å². The Balaban J connectivity index is 2.16. The van der Waals surface area contributed by atoms with Gasteiger partial charge in [0.2, 0.25) is 0 Å². The second-order valence-corrected chi connectivity index (χ2v) is 5.43. The van der Waals surface area contributed by atoms with E-state index >= 15 is 0 Å². The average molecular weight is 294 g/mol. The van der Waals surface area contributed by atoms with Crippen molar-refractivity contribution in [1.82, 2.24) is 5.32 Å². The molecular weight excluding hydrogens is 275 g/mol. The summed E-state index contributed by atoms with van der Waals surface area (Å²) >= 11 is 0. The van der Waals surface area contributed by atoms with E-state index in [1.807, 2.05) is 0 Å². The van der Waals surface area contributed by atoms with Gasteiger partial charge in [-0.2, -0.15) is 0 Å². The highest BCUT2D eigenvalue weighted by molar-refractivity contribution is 5.95. The Morgan fingerprint density at radius 3 is 2.38 bits per heavy atom. The number of amides is 2. The summed E-state index contributed by atoms with van der Waals surface area (Å²) in [6.07, 6.45) is 1.59. The predicted octanol–water partition coefficient (Wildman–Crippen LogP) is 2.61. The van der Waals surface area contributed by atoms with Crippen LogP contribution in [0, 0.1) is 11.7 Å². The molecule has 0 aromatic heterocycles. The van der Waals surface area contributed by atoms with E-state index in [4.69, 9.17) is 0 Å². The number of carbonyl (C=O) groups excluding carboxylic acids is 1. The molecule has 0 radical (unpaired) electrons. The molecule has 1 aromatic rings. The van der Waals surface area contributed by atoms with E-state index in [1.165, 1.54) is 36.1 Å². The van der Waals surface area contributed by atoms with Crippen LogP contribution in [0.5, 0.6) is 0 Å². The average Bonchev–Trinajstić information content (AvgIpc) is 3.26. The minimum atomic E-state index is -1.26. The number of urea groups is 1. The molecule has 1 fully saturated rings. The lowest BCUT2D eigenvalue weighted by atomic mass is 9.96. The molecule has 0 bridgehead atoms. The van der Waals surface area contributed by atoms with Crippen LogP contribution in [0.4, 0.5) is 14.9 Å². The van der Waals surface area contributed by atoms with Crippen molar-refractivity contribution in [3.63, 3.8) is 0 Å². The number of rotatable bonds is 5. The minimum absolute atomic E-state index is 0.0362. The molecule has 1 unspecified atom stereocenters. The van der Waals surface area contributed by atoms with Crippen LogP contribution in [0.2, 0.25) is 0 Å². The molecule has 2 rings (SSSR count). The maximum absolute atomic E-state index is 12.9. The van der Waals surface area contributed by atoms with Gasteiger partial charge in [-0.25, -0.2) is 14.0 Å². The second kappa shape index (κ2) is 5.71. The SMILES string of the molecule is CCN(C(=O)NC(C)(C(=O)O)C1CC1)c1ccc(F)cc1. The molecule has 1 aromatic carbocycles. The van der Waals surface area contributed by atoms with Crippen molar-refractivity contribution in [2.24, 2.45) is 5.92 Å². The number of carboxylic acid groups (broad SMARTS) is 1. The predicted molar refractivity (Wildman–Crippen MR) is 76.7 cm³/mol. The highest BCUT2D eigenvalue weighted by Crippen LogP contribution is 2.39. The number of benzene rings is 1. The maximum Gasteiger partial charge on any atom is 0.329 e. The van der Waals surface area contributed by atoms with Gasteiger partial charge in [0, 0.05) is 12.2 Å². The normalized spacial score (nSPS) is 16.9. The molecule has 0 aliphatic heterocycles. The van der Waals surface area contributed by atoms with E-state index in [-0.39, 0.29) is 11.7 Å². The highest BCUT2D eigenvalue weighted by Gasteiger charge is 2.49. The third kappa shape index (κ3) is 3.15. The fourth-order valence-corrected chi connectivity index (χ4v) is 2.34. The summed E-state index contributed by atoms with van der Waals surface area (Å²) in [6, 6.07) is 5.03. The van der Waals surface area contributed by atoms with Crippen molar-refractivity contribution in [1.29, 1.82) is 0 Å². The summed E-state index contributed by atoms with van der Waals surface area (Å²) in [6.45, 7) is 3.67. The zero-order valence-electron chi connectivity index (χ0n) is 12.1. The van der Waals surface area contributed by atoms with Crippen LogP contribution in [0.25, 0.3) is 0 Å². The number of halogens is 1. The number of hydrogen-bond donors (Lipinski definition) is 2. The molecule has 5 nitrogen and oxygen atoms in total. The van der Waals surface area contributed by atoms with Gasteiger partial charge in [0.1, 0.15) is 11.4 Å². The topological polar surface area (TPSA) is 69.6 Å². The smallest absolute Gasteiger partial charge is 0.329 e. The molecule has 0 spiro atoms. The molecule has 0 heterocycles. The molecule has 114 valence electrons. The molecular formula is C15H19FN2O3. The molecule has 2 amide bonds. The zero-order chi connectivity index (χ0) is 15.6. The van der Waals surface area contributed by atoms with Crippen LogP contribution in [0.15, 0.2) is 24.3 Å². The van der Waals surface area contributed by atoms with Gasteiger partial charge in [-0.1, -0.05) is 0 Å². The summed E-state index contributed by atoms with van der Waals surface area (Å²) in [5, 5.41) is 12.0. The molecule has 1 aliphatic rings. The number of nitrogens with zero attached hydrogens (tertiary/aromatic N) is 1. The lowest BCUT2D eigenvalue weighted by Crippen LogP contribution is -2.57. The first kappa shape index (κ1) is 15.3. The standard InChI is InChI=1S/C15H19FN2O3/c1-3-18(12-8-6-11(16)7-9-12)14(21)17-15(2,13(19)20)10-4-5-10/h6-10H,3-5H2,1-2H3,(H,17,21)(H,19,20). The molecule has 1 aliphatic carbocycles. The lowest BCUT2D eigenvalue weighted by molar-refractivity contribution is -0.144. The number of nitrogens with one attached hydrogen (secondary N) is 1. The summed E-state index contributed by atoms with van der Waals surface area (Å²) < 4.78 is 12.9. The quantitative estimate of drug-likeness (QED) is 0.877. The van der Waals surface area contributed by atoms with Gasteiger partial charge in [0.15, 0.2) is 0 Å². The Morgan fingerprint density at radius 2 is 1.95 bits per heavy atom. The molecule has 1 atom stereocenters. The molecule has 21 heavy (non-hydrogen) atoms. The fraction of sp³-hybridized carbons (Fsp3) is 0.467. The number of anilines is 1. The Bertz CT molecular complexity index is 542. The van der Waals surface area contributed by atoms with Gasteiger partial charge in [0.05, 0.1) is 0 Å². The van der Waals surface area contributed by atoms with Crippen molar-refractivity contribution in [2.45, 2.75) is 32.2 Å². The summed E-state index contributed by atoms with van der Waals surface area (Å²) in [5.41, 5.74) is -0.732. The minimum Gasteiger partial charge on any atom is -0.480 e. The van der Waals surface area contributed by atoms with Crippen molar-refractivity contribution in [3.8, 4) is 0 Å². The Kier molecular flexibility index (Phi) is 4.16. The Morgan fingerprint density at radius 1 is 1.38 bits per heavy atom. The Labute approximate surface area is 122 Å². The first-order chi connectivity index (χ1) is 9.88. The van der Waals surface area contributed by atoms with E-state index in [0.29, 0.717) is 12.2 Å². The van der Waals surface area contributed by atoms with Crippen LogP contribution in [-0.4, -0.2) is 29.2 Å². The van der Waals surface area contributed by atoms with Gasteiger partial charge >= 0.3 is 12.0 Å². The Hall–Kier alpha value is -2.11. The maximum atomic E-state index is 12.9. The van der Waals surface area contributed by atoms with Gasteiger partial charge in [-0.05, 0) is 56.9 Å². The van der Waals surface area contributed by atoms with Crippen LogP contribution in [0.3, 0.4) is 0 Å². The number of carboxylic acids is 1. The van der Waals surface area contributed by atoms with Gasteiger partial charge < -0.3 is 10.4 Å². The van der Waals surface area contributed by atoms with E-state index in [2.05, 4.69) is 5.32 Å². The van der Waals surface area contributed by atoms with Gasteiger partial charge in [-0.3, -0.25) is 4.90 Å². The third-order valence-electron chi connectivity index (χ3n) is 3.90. The van der Waals surface area contributed by atoms with Gasteiger partial charge in [0.25, 0.3) is 0 Å². The largest absolute Gasteiger partial charge is 0.480 e. The summed E-state index contributed by atoms with van der Waals surface area (Å²) in [4.78, 5) is 25.2. The monoisotopic (exact) mass is 294 g/mol. The number of hydrogen-bond acceptors (Lipinski definition) is 2. The van der Waals surface area contributed by atoms with Gasteiger partial charge in [-0.15, -0.1) is 0 Å². The zero-order valence-corrected chi connectivity index (χ0v) is 12.1. The van der Waals surface area contributed by atoms with Crippen molar-refractivity contribution in [2.75, 3.05) is 11.4 Å². The van der Waals surface area contributed by atoms with Crippen LogP contribution in [-0.2, 0) is 4.79 Å². The van der Waals surface area contributed by atoms with Crippen molar-refractivity contribution >= 4 is 17.7 Å². The lowest BCUT2D eigenvalue weighted by Gasteiger charge is -2.30. The summed E-state index contributed by atoms with van der Waals surface area (Å²) in [7, 11) is 0. The number of carbonyl (C=O) groups is 2. The third-order valence-corrected chi connectivity index (χ3v) is 3.90. The first-order valence-corrected chi connectivity index (χ1v) is 6.97. The van der Waals surface area contributed by atoms with Crippen molar-refractivity contribution < 1.29 is 19.1 Å². The van der Waals surface area contributed by atoms with E-state index in [0.717, 1.165) is 12.8 Å². The summed E-state index contributed by atoms with van der Waals surface area (Å²) in [5.74, 6) is -1.46.